The number of nitrogens with one attached hydrogen (secondary N) is 2. The Kier molecular flexibility index (Phi) is 4.93. The zero-order chi connectivity index (χ0) is 14.5. The van der Waals surface area contributed by atoms with Crippen LogP contribution in [0.1, 0.15) is 49.4 Å². The quantitative estimate of drug-likeness (QED) is 0.891. The molecular formula is C15H22FN3O. The minimum atomic E-state index is -0.587. The van der Waals surface area contributed by atoms with Crippen molar-refractivity contribution in [3.63, 3.8) is 0 Å². The molecule has 4 nitrogen and oxygen atoms in total. The van der Waals surface area contributed by atoms with Gasteiger partial charge in [0.15, 0.2) is 11.6 Å². The van der Waals surface area contributed by atoms with Crippen molar-refractivity contribution in [1.82, 2.24) is 10.3 Å². The van der Waals surface area contributed by atoms with E-state index in [1.54, 1.807) is 7.05 Å². The van der Waals surface area contributed by atoms with E-state index in [0.717, 1.165) is 25.7 Å². The molecule has 2 atom stereocenters. The number of pyridine rings is 1. The van der Waals surface area contributed by atoms with Crippen LogP contribution in [0.4, 0.5) is 10.2 Å². The Labute approximate surface area is 119 Å². The fraction of sp³-hybridized carbons (Fsp3) is 0.600. The van der Waals surface area contributed by atoms with Crippen LogP contribution < -0.4 is 10.6 Å². The lowest BCUT2D eigenvalue weighted by Gasteiger charge is -2.31. The van der Waals surface area contributed by atoms with Gasteiger partial charge >= 0.3 is 0 Å². The molecule has 0 saturated heterocycles. The van der Waals surface area contributed by atoms with Crippen molar-refractivity contribution in [1.29, 1.82) is 0 Å². The zero-order valence-electron chi connectivity index (χ0n) is 12.1. The molecule has 0 bridgehead atoms. The van der Waals surface area contributed by atoms with Crippen molar-refractivity contribution >= 4 is 11.7 Å². The molecule has 2 unspecified atom stereocenters. The highest BCUT2D eigenvalue weighted by Crippen LogP contribution is 2.27. The lowest BCUT2D eigenvalue weighted by molar-refractivity contribution is 0.0900. The van der Waals surface area contributed by atoms with E-state index in [1.807, 2.05) is 0 Å². The molecular weight excluding hydrogens is 257 g/mol. The van der Waals surface area contributed by atoms with Crippen molar-refractivity contribution in [3.05, 3.63) is 23.6 Å². The van der Waals surface area contributed by atoms with Gasteiger partial charge in [-0.3, -0.25) is 4.79 Å². The monoisotopic (exact) mass is 279 g/mol. The summed E-state index contributed by atoms with van der Waals surface area (Å²) in [5.41, 5.74) is 0.0600. The molecule has 1 fully saturated rings. The van der Waals surface area contributed by atoms with E-state index in [9.17, 15) is 9.18 Å². The summed E-state index contributed by atoms with van der Waals surface area (Å²) in [4.78, 5) is 16.1. The molecule has 1 aromatic heterocycles. The van der Waals surface area contributed by atoms with Gasteiger partial charge in [0.25, 0.3) is 5.91 Å². The SMILES string of the molecule is CCC1CCCCC1NC(=O)c1ccnc(NC)c1F. The Hall–Kier alpha value is -1.65. The number of nitrogens with zero attached hydrogens (tertiary/aromatic N) is 1. The summed E-state index contributed by atoms with van der Waals surface area (Å²) in [6, 6.07) is 1.58. The first-order valence-corrected chi connectivity index (χ1v) is 7.30. The molecule has 0 aliphatic heterocycles. The summed E-state index contributed by atoms with van der Waals surface area (Å²) in [6.45, 7) is 2.14. The van der Waals surface area contributed by atoms with Gasteiger partial charge in [0.1, 0.15) is 0 Å². The minimum absolute atomic E-state index is 0.0600. The summed E-state index contributed by atoms with van der Waals surface area (Å²) in [5.74, 6) is -0.321. The van der Waals surface area contributed by atoms with Crippen LogP contribution in [0.25, 0.3) is 0 Å². The Morgan fingerprint density at radius 1 is 1.45 bits per heavy atom. The maximum absolute atomic E-state index is 14.1. The highest BCUT2D eigenvalue weighted by molar-refractivity contribution is 5.95. The standard InChI is InChI=1S/C15H22FN3O/c1-3-10-6-4-5-7-12(10)19-15(20)11-8-9-18-14(17-2)13(11)16/h8-10,12H,3-7H2,1-2H3,(H,17,18)(H,19,20). The van der Waals surface area contributed by atoms with Crippen LogP contribution in [-0.4, -0.2) is 24.0 Å². The molecule has 0 spiro atoms. The Morgan fingerprint density at radius 3 is 2.90 bits per heavy atom. The third-order valence-electron chi connectivity index (χ3n) is 4.12. The van der Waals surface area contributed by atoms with Crippen molar-refractivity contribution in [2.45, 2.75) is 45.1 Å². The summed E-state index contributed by atoms with van der Waals surface area (Å²) in [5, 5.41) is 5.64. The van der Waals surface area contributed by atoms with E-state index in [2.05, 4.69) is 22.5 Å². The number of aromatic nitrogens is 1. The molecule has 5 heteroatoms. The maximum atomic E-state index is 14.1. The molecule has 20 heavy (non-hydrogen) atoms. The molecule has 1 aliphatic rings. The lowest BCUT2D eigenvalue weighted by atomic mass is 9.83. The number of carbonyl (C=O) groups is 1. The van der Waals surface area contributed by atoms with Crippen molar-refractivity contribution in [3.8, 4) is 0 Å². The smallest absolute Gasteiger partial charge is 0.254 e. The van der Waals surface area contributed by atoms with E-state index < -0.39 is 5.82 Å². The van der Waals surface area contributed by atoms with Crippen LogP contribution in [-0.2, 0) is 0 Å². The third kappa shape index (κ3) is 3.08. The normalized spacial score (nSPS) is 22.4. The molecule has 1 aromatic rings. The van der Waals surface area contributed by atoms with Crippen LogP contribution in [0.3, 0.4) is 0 Å². The van der Waals surface area contributed by atoms with Gasteiger partial charge in [0, 0.05) is 19.3 Å². The number of halogens is 1. The summed E-state index contributed by atoms with van der Waals surface area (Å²) in [6.07, 6.45) is 6.96. The predicted molar refractivity (Wildman–Crippen MR) is 77.2 cm³/mol. The summed E-state index contributed by atoms with van der Waals surface area (Å²) < 4.78 is 14.1. The van der Waals surface area contributed by atoms with Crippen LogP contribution in [0.2, 0.25) is 0 Å². The van der Waals surface area contributed by atoms with Gasteiger partial charge in [-0.25, -0.2) is 9.37 Å². The largest absolute Gasteiger partial charge is 0.371 e. The highest BCUT2D eigenvalue weighted by atomic mass is 19.1. The molecule has 1 saturated carbocycles. The summed E-state index contributed by atoms with van der Waals surface area (Å²) >= 11 is 0. The molecule has 0 radical (unpaired) electrons. The maximum Gasteiger partial charge on any atom is 0.254 e. The average Bonchev–Trinajstić information content (AvgIpc) is 2.48. The molecule has 0 aromatic carbocycles. The number of carbonyl (C=O) groups excluding carboxylic acids is 1. The Bertz CT molecular complexity index is 478. The number of anilines is 1. The molecule has 1 aliphatic carbocycles. The fourth-order valence-electron chi connectivity index (χ4n) is 2.93. The van der Waals surface area contributed by atoms with Gasteiger partial charge in [0.2, 0.25) is 0 Å². The van der Waals surface area contributed by atoms with Gasteiger partial charge in [-0.2, -0.15) is 0 Å². The summed E-state index contributed by atoms with van der Waals surface area (Å²) in [7, 11) is 1.58. The predicted octanol–water partition coefficient (Wildman–Crippen LogP) is 2.96. The first kappa shape index (κ1) is 14.8. The lowest BCUT2D eigenvalue weighted by Crippen LogP contribution is -2.42. The Morgan fingerprint density at radius 2 is 2.20 bits per heavy atom. The fourth-order valence-corrected chi connectivity index (χ4v) is 2.93. The topological polar surface area (TPSA) is 54.0 Å². The second kappa shape index (κ2) is 6.68. The van der Waals surface area contributed by atoms with E-state index >= 15 is 0 Å². The molecule has 110 valence electrons. The first-order valence-electron chi connectivity index (χ1n) is 7.30. The average molecular weight is 279 g/mol. The molecule has 1 heterocycles. The van der Waals surface area contributed by atoms with Crippen LogP contribution in [0, 0.1) is 11.7 Å². The minimum Gasteiger partial charge on any atom is -0.371 e. The van der Waals surface area contributed by atoms with Crippen molar-refractivity contribution in [2.75, 3.05) is 12.4 Å². The van der Waals surface area contributed by atoms with Gasteiger partial charge in [0.05, 0.1) is 5.56 Å². The van der Waals surface area contributed by atoms with Crippen LogP contribution >= 0.6 is 0 Å². The van der Waals surface area contributed by atoms with E-state index in [1.165, 1.54) is 18.7 Å². The van der Waals surface area contributed by atoms with Crippen molar-refractivity contribution < 1.29 is 9.18 Å². The second-order valence-electron chi connectivity index (χ2n) is 5.30. The van der Waals surface area contributed by atoms with Gasteiger partial charge in [-0.15, -0.1) is 0 Å². The number of hydrogen-bond acceptors (Lipinski definition) is 3. The number of amides is 1. The number of rotatable bonds is 4. The van der Waals surface area contributed by atoms with Crippen LogP contribution in [0.15, 0.2) is 12.3 Å². The van der Waals surface area contributed by atoms with Crippen molar-refractivity contribution in [2.24, 2.45) is 5.92 Å². The second-order valence-corrected chi connectivity index (χ2v) is 5.30. The first-order chi connectivity index (χ1) is 9.67. The van der Waals surface area contributed by atoms with Gasteiger partial charge < -0.3 is 10.6 Å². The third-order valence-corrected chi connectivity index (χ3v) is 4.12. The molecule has 1 amide bonds. The van der Waals surface area contributed by atoms with Crippen LogP contribution in [0.5, 0.6) is 0 Å². The van der Waals surface area contributed by atoms with E-state index in [-0.39, 0.29) is 23.3 Å². The van der Waals surface area contributed by atoms with Gasteiger partial charge in [-0.1, -0.05) is 26.2 Å². The van der Waals surface area contributed by atoms with E-state index in [0.29, 0.717) is 5.92 Å². The van der Waals surface area contributed by atoms with Gasteiger partial charge in [-0.05, 0) is 24.8 Å². The molecule has 2 N–H and O–H groups in total. The van der Waals surface area contributed by atoms with E-state index in [4.69, 9.17) is 0 Å². The molecule has 2 rings (SSSR count). The Balaban J connectivity index is 2.11. The highest BCUT2D eigenvalue weighted by Gasteiger charge is 2.26. The number of hydrogen-bond donors (Lipinski definition) is 2. The zero-order valence-corrected chi connectivity index (χ0v) is 12.1.